The molecule has 0 aliphatic heterocycles. The second-order valence-corrected chi connectivity index (χ2v) is 4.01. The Bertz CT molecular complexity index is 346. The first kappa shape index (κ1) is 11.1. The molecule has 2 N–H and O–H groups in total. The Labute approximate surface area is 95.0 Å². The quantitative estimate of drug-likeness (QED) is 0.838. The third-order valence-corrected chi connectivity index (χ3v) is 2.88. The van der Waals surface area contributed by atoms with Crippen molar-refractivity contribution in [1.29, 1.82) is 0 Å². The SMILES string of the molecule is COC1CCCC(Oc2nccnc2N)C1. The highest BCUT2D eigenvalue weighted by Gasteiger charge is 2.24. The smallest absolute Gasteiger partial charge is 0.257 e. The predicted octanol–water partition coefficient (Wildman–Crippen LogP) is 1.40. The molecule has 2 atom stereocenters. The molecule has 2 unspecified atom stereocenters. The van der Waals surface area contributed by atoms with Crippen molar-refractivity contribution in [3.05, 3.63) is 12.4 Å². The van der Waals surface area contributed by atoms with E-state index in [9.17, 15) is 0 Å². The fourth-order valence-corrected chi connectivity index (χ4v) is 2.01. The summed E-state index contributed by atoms with van der Waals surface area (Å²) in [5.41, 5.74) is 5.68. The van der Waals surface area contributed by atoms with E-state index in [0.717, 1.165) is 25.7 Å². The van der Waals surface area contributed by atoms with Gasteiger partial charge in [-0.2, -0.15) is 0 Å². The van der Waals surface area contributed by atoms with Gasteiger partial charge in [0, 0.05) is 25.9 Å². The first-order valence-corrected chi connectivity index (χ1v) is 5.55. The van der Waals surface area contributed by atoms with Gasteiger partial charge in [0.2, 0.25) is 0 Å². The second kappa shape index (κ2) is 5.12. The number of methoxy groups -OCH3 is 1. The number of rotatable bonds is 3. The number of aromatic nitrogens is 2. The summed E-state index contributed by atoms with van der Waals surface area (Å²) >= 11 is 0. The molecule has 0 amide bonds. The number of nitrogens with two attached hydrogens (primary N) is 1. The van der Waals surface area contributed by atoms with Crippen LogP contribution in [0.1, 0.15) is 25.7 Å². The first-order valence-electron chi connectivity index (χ1n) is 5.55. The predicted molar refractivity (Wildman–Crippen MR) is 60.1 cm³/mol. The maximum atomic E-state index is 5.74. The van der Waals surface area contributed by atoms with Gasteiger partial charge in [0.05, 0.1) is 6.10 Å². The van der Waals surface area contributed by atoms with Gasteiger partial charge in [0.25, 0.3) is 5.88 Å². The lowest BCUT2D eigenvalue weighted by Crippen LogP contribution is -2.30. The molecular weight excluding hydrogens is 206 g/mol. The van der Waals surface area contributed by atoms with Gasteiger partial charge in [-0.15, -0.1) is 0 Å². The van der Waals surface area contributed by atoms with E-state index in [-0.39, 0.29) is 12.2 Å². The molecule has 1 aromatic heterocycles. The van der Waals surface area contributed by atoms with Gasteiger partial charge >= 0.3 is 0 Å². The van der Waals surface area contributed by atoms with Gasteiger partial charge in [-0.1, -0.05) is 0 Å². The number of nitrogens with zero attached hydrogens (tertiary/aromatic N) is 2. The molecule has 0 spiro atoms. The molecule has 88 valence electrons. The van der Waals surface area contributed by atoms with Crippen LogP contribution in [0.15, 0.2) is 12.4 Å². The van der Waals surface area contributed by atoms with Gasteiger partial charge in [-0.3, -0.25) is 0 Å². The highest BCUT2D eigenvalue weighted by atomic mass is 16.5. The summed E-state index contributed by atoms with van der Waals surface area (Å²) in [4.78, 5) is 8.02. The van der Waals surface area contributed by atoms with Gasteiger partial charge < -0.3 is 15.2 Å². The van der Waals surface area contributed by atoms with E-state index in [0.29, 0.717) is 11.7 Å². The number of hydrogen-bond acceptors (Lipinski definition) is 5. The molecule has 2 rings (SSSR count). The molecule has 1 saturated carbocycles. The van der Waals surface area contributed by atoms with E-state index < -0.39 is 0 Å². The van der Waals surface area contributed by atoms with Gasteiger partial charge in [0.1, 0.15) is 6.10 Å². The zero-order valence-corrected chi connectivity index (χ0v) is 9.43. The molecule has 5 heteroatoms. The summed E-state index contributed by atoms with van der Waals surface area (Å²) in [6, 6.07) is 0. The topological polar surface area (TPSA) is 70.3 Å². The summed E-state index contributed by atoms with van der Waals surface area (Å²) in [6.45, 7) is 0. The lowest BCUT2D eigenvalue weighted by molar-refractivity contribution is 0.0197. The van der Waals surface area contributed by atoms with Crippen LogP contribution in [-0.2, 0) is 4.74 Å². The Morgan fingerprint density at radius 3 is 2.75 bits per heavy atom. The van der Waals surface area contributed by atoms with Gasteiger partial charge in [-0.05, 0) is 19.3 Å². The van der Waals surface area contributed by atoms with E-state index in [4.69, 9.17) is 15.2 Å². The van der Waals surface area contributed by atoms with Crippen LogP contribution < -0.4 is 10.5 Å². The van der Waals surface area contributed by atoms with Crippen molar-refractivity contribution in [2.45, 2.75) is 37.9 Å². The van der Waals surface area contributed by atoms with Crippen LogP contribution in [0.4, 0.5) is 5.82 Å². The lowest BCUT2D eigenvalue weighted by Gasteiger charge is -2.28. The Balaban J connectivity index is 1.97. The minimum absolute atomic E-state index is 0.137. The van der Waals surface area contributed by atoms with Gasteiger partial charge in [-0.25, -0.2) is 9.97 Å². The average molecular weight is 223 g/mol. The Morgan fingerprint density at radius 1 is 1.25 bits per heavy atom. The van der Waals surface area contributed by atoms with Crippen LogP contribution in [-0.4, -0.2) is 29.3 Å². The second-order valence-electron chi connectivity index (χ2n) is 4.01. The van der Waals surface area contributed by atoms with Crippen LogP contribution in [0, 0.1) is 0 Å². The number of ether oxygens (including phenoxy) is 2. The van der Waals surface area contributed by atoms with Crippen molar-refractivity contribution in [3.8, 4) is 5.88 Å². The van der Waals surface area contributed by atoms with Crippen molar-refractivity contribution in [3.63, 3.8) is 0 Å². The summed E-state index contributed by atoms with van der Waals surface area (Å²) < 4.78 is 11.1. The van der Waals surface area contributed by atoms with Crippen LogP contribution in [0.25, 0.3) is 0 Å². The number of hydrogen-bond donors (Lipinski definition) is 1. The Kier molecular flexibility index (Phi) is 3.56. The molecule has 1 fully saturated rings. The summed E-state index contributed by atoms with van der Waals surface area (Å²) in [7, 11) is 1.74. The molecule has 1 aliphatic rings. The molecule has 1 aliphatic carbocycles. The van der Waals surface area contributed by atoms with Gasteiger partial charge in [0.15, 0.2) is 5.82 Å². The zero-order chi connectivity index (χ0) is 11.4. The molecule has 1 aromatic rings. The highest BCUT2D eigenvalue weighted by Crippen LogP contribution is 2.25. The number of nitrogen functional groups attached to an aromatic ring is 1. The average Bonchev–Trinajstić information content (AvgIpc) is 2.32. The standard InChI is InChI=1S/C11H17N3O2/c1-15-8-3-2-4-9(7-8)16-11-10(12)13-5-6-14-11/h5-6,8-9H,2-4,7H2,1H3,(H2,12,13). The molecule has 0 bridgehead atoms. The summed E-state index contributed by atoms with van der Waals surface area (Å²) in [5.74, 6) is 0.784. The van der Waals surface area contributed by atoms with E-state index >= 15 is 0 Å². The summed E-state index contributed by atoms with van der Waals surface area (Å²) in [5, 5.41) is 0. The van der Waals surface area contributed by atoms with Crippen molar-refractivity contribution >= 4 is 5.82 Å². The normalized spacial score (nSPS) is 25.3. The molecule has 16 heavy (non-hydrogen) atoms. The van der Waals surface area contributed by atoms with E-state index in [1.807, 2.05) is 0 Å². The minimum atomic E-state index is 0.137. The van der Waals surface area contributed by atoms with Crippen molar-refractivity contribution < 1.29 is 9.47 Å². The minimum Gasteiger partial charge on any atom is -0.472 e. The van der Waals surface area contributed by atoms with Crippen molar-refractivity contribution in [2.24, 2.45) is 0 Å². The number of anilines is 1. The molecule has 0 radical (unpaired) electrons. The monoisotopic (exact) mass is 223 g/mol. The molecule has 0 saturated heterocycles. The summed E-state index contributed by atoms with van der Waals surface area (Å²) in [6.07, 6.45) is 7.70. The third-order valence-electron chi connectivity index (χ3n) is 2.88. The van der Waals surface area contributed by atoms with Crippen LogP contribution in [0.3, 0.4) is 0 Å². The maximum Gasteiger partial charge on any atom is 0.257 e. The first-order chi connectivity index (χ1) is 7.79. The molecule has 0 aromatic carbocycles. The van der Waals surface area contributed by atoms with E-state index in [1.165, 1.54) is 0 Å². The van der Waals surface area contributed by atoms with Crippen LogP contribution in [0.2, 0.25) is 0 Å². The van der Waals surface area contributed by atoms with Crippen LogP contribution >= 0.6 is 0 Å². The third kappa shape index (κ3) is 2.61. The zero-order valence-electron chi connectivity index (χ0n) is 9.43. The van der Waals surface area contributed by atoms with E-state index in [2.05, 4.69) is 9.97 Å². The molecule has 1 heterocycles. The fourth-order valence-electron chi connectivity index (χ4n) is 2.01. The molecule has 5 nitrogen and oxygen atoms in total. The largest absolute Gasteiger partial charge is 0.472 e. The van der Waals surface area contributed by atoms with Crippen LogP contribution in [0.5, 0.6) is 5.88 Å². The molecular formula is C11H17N3O2. The highest BCUT2D eigenvalue weighted by molar-refractivity contribution is 5.38. The Morgan fingerprint density at radius 2 is 2.00 bits per heavy atom. The maximum absolute atomic E-state index is 5.74. The Hall–Kier alpha value is -1.36. The fraction of sp³-hybridized carbons (Fsp3) is 0.636. The van der Waals surface area contributed by atoms with E-state index in [1.54, 1.807) is 19.5 Å². The van der Waals surface area contributed by atoms with Crippen molar-refractivity contribution in [2.75, 3.05) is 12.8 Å². The van der Waals surface area contributed by atoms with Crippen molar-refractivity contribution in [1.82, 2.24) is 9.97 Å². The lowest BCUT2D eigenvalue weighted by atomic mass is 9.95.